The van der Waals surface area contributed by atoms with E-state index in [4.69, 9.17) is 9.47 Å². The average Bonchev–Trinajstić information content (AvgIpc) is 3.36. The van der Waals surface area contributed by atoms with Crippen LogP contribution in [0.15, 0.2) is 35.3 Å². The molecule has 1 aliphatic rings. The number of aromatic nitrogens is 2. The molecule has 3 rings (SSSR count). The van der Waals surface area contributed by atoms with Crippen molar-refractivity contribution in [1.29, 1.82) is 0 Å². The number of hydrogen-bond donors (Lipinski definition) is 2. The van der Waals surface area contributed by atoms with Crippen molar-refractivity contribution >= 4 is 29.9 Å². The molecular weight excluding hydrogens is 493 g/mol. The largest absolute Gasteiger partial charge is 0.381 e. The third-order valence-electron chi connectivity index (χ3n) is 5.03. The molecule has 1 aliphatic heterocycles. The molecule has 0 amide bonds. The fraction of sp³-hybridized carbons (Fsp3) is 0.545. The highest BCUT2D eigenvalue weighted by Crippen LogP contribution is 2.17. The van der Waals surface area contributed by atoms with Crippen LogP contribution in [0.3, 0.4) is 0 Å². The summed E-state index contributed by atoms with van der Waals surface area (Å²) >= 11 is 0. The van der Waals surface area contributed by atoms with E-state index in [1.165, 1.54) is 5.56 Å². The molecule has 1 aromatic carbocycles. The minimum Gasteiger partial charge on any atom is -0.381 e. The van der Waals surface area contributed by atoms with Crippen LogP contribution in [0.2, 0.25) is 0 Å². The second kappa shape index (κ2) is 12.9. The van der Waals surface area contributed by atoms with E-state index in [0.29, 0.717) is 12.5 Å². The van der Waals surface area contributed by atoms with Gasteiger partial charge in [-0.2, -0.15) is 5.10 Å². The zero-order chi connectivity index (χ0) is 20.5. The lowest BCUT2D eigenvalue weighted by molar-refractivity contribution is 0.0888. The van der Waals surface area contributed by atoms with Crippen LogP contribution < -0.4 is 10.6 Å². The molecule has 1 atom stereocenters. The summed E-state index contributed by atoms with van der Waals surface area (Å²) in [5.41, 5.74) is 4.40. The van der Waals surface area contributed by atoms with Crippen LogP contribution in [0.25, 0.3) is 5.69 Å². The molecule has 1 unspecified atom stereocenters. The van der Waals surface area contributed by atoms with E-state index >= 15 is 0 Å². The Morgan fingerprint density at radius 2 is 2.13 bits per heavy atom. The van der Waals surface area contributed by atoms with Crippen LogP contribution >= 0.6 is 24.0 Å². The smallest absolute Gasteiger partial charge is 0.191 e. The normalized spacial score (nSPS) is 16.4. The van der Waals surface area contributed by atoms with Crippen molar-refractivity contribution in [3.63, 3.8) is 0 Å². The number of nitrogens with one attached hydrogen (secondary N) is 2. The molecule has 2 N–H and O–H groups in total. The molecule has 0 spiro atoms. The van der Waals surface area contributed by atoms with E-state index in [-0.39, 0.29) is 24.0 Å². The second-order valence-corrected chi connectivity index (χ2v) is 7.48. The van der Waals surface area contributed by atoms with Crippen molar-refractivity contribution in [3.8, 4) is 5.69 Å². The Kier molecular flexibility index (Phi) is 10.6. The summed E-state index contributed by atoms with van der Waals surface area (Å²) in [6.07, 6.45) is 2.06. The number of halogens is 1. The third kappa shape index (κ3) is 7.24. The molecular formula is C22H34IN5O2. The first kappa shape index (κ1) is 24.6. The number of benzene rings is 1. The maximum Gasteiger partial charge on any atom is 0.191 e. The summed E-state index contributed by atoms with van der Waals surface area (Å²) in [7, 11) is 1.79. The first-order chi connectivity index (χ1) is 14.2. The highest BCUT2D eigenvalue weighted by atomic mass is 127. The number of para-hydroxylation sites is 1. The molecule has 30 heavy (non-hydrogen) atoms. The van der Waals surface area contributed by atoms with Crippen LogP contribution in [-0.2, 0) is 16.0 Å². The number of guanidine groups is 1. The SMILES string of the molecule is CN=C(NCCCOCC1CCOC1)NCc1ccccc1-n1nc(C)cc1C.I. The average molecular weight is 527 g/mol. The number of hydrogen-bond acceptors (Lipinski definition) is 4. The second-order valence-electron chi connectivity index (χ2n) is 7.48. The van der Waals surface area contributed by atoms with Crippen molar-refractivity contribution in [1.82, 2.24) is 20.4 Å². The van der Waals surface area contributed by atoms with Crippen molar-refractivity contribution in [2.24, 2.45) is 10.9 Å². The van der Waals surface area contributed by atoms with Gasteiger partial charge in [-0.25, -0.2) is 4.68 Å². The van der Waals surface area contributed by atoms with Gasteiger partial charge in [0.25, 0.3) is 0 Å². The number of aliphatic imine (C=N–C) groups is 1. The van der Waals surface area contributed by atoms with Crippen molar-refractivity contribution < 1.29 is 9.47 Å². The molecule has 2 aromatic rings. The minimum absolute atomic E-state index is 0. The highest BCUT2D eigenvalue weighted by Gasteiger charge is 2.15. The van der Waals surface area contributed by atoms with Gasteiger partial charge >= 0.3 is 0 Å². The predicted molar refractivity (Wildman–Crippen MR) is 131 cm³/mol. The number of rotatable bonds is 9. The third-order valence-corrected chi connectivity index (χ3v) is 5.03. The van der Waals surface area contributed by atoms with E-state index in [9.17, 15) is 0 Å². The van der Waals surface area contributed by atoms with Gasteiger partial charge in [0.15, 0.2) is 5.96 Å². The quantitative estimate of drug-likeness (QED) is 0.227. The molecule has 0 bridgehead atoms. The highest BCUT2D eigenvalue weighted by molar-refractivity contribution is 14.0. The molecule has 8 heteroatoms. The molecule has 1 saturated heterocycles. The van der Waals surface area contributed by atoms with E-state index in [2.05, 4.69) is 51.9 Å². The lowest BCUT2D eigenvalue weighted by Crippen LogP contribution is -2.37. The molecule has 1 aromatic heterocycles. The summed E-state index contributed by atoms with van der Waals surface area (Å²) < 4.78 is 13.1. The van der Waals surface area contributed by atoms with Crippen LogP contribution in [0.1, 0.15) is 29.8 Å². The predicted octanol–water partition coefficient (Wildman–Crippen LogP) is 3.22. The zero-order valence-corrected chi connectivity index (χ0v) is 20.5. The van der Waals surface area contributed by atoms with Crippen LogP contribution in [-0.4, -0.2) is 55.8 Å². The fourth-order valence-corrected chi connectivity index (χ4v) is 3.49. The Morgan fingerprint density at radius 3 is 2.83 bits per heavy atom. The number of ether oxygens (including phenoxy) is 2. The van der Waals surface area contributed by atoms with Gasteiger partial charge in [0, 0.05) is 45.0 Å². The Bertz CT molecular complexity index is 803. The van der Waals surface area contributed by atoms with Gasteiger partial charge in [-0.05, 0) is 44.4 Å². The van der Waals surface area contributed by atoms with Gasteiger partial charge in [-0.3, -0.25) is 4.99 Å². The zero-order valence-electron chi connectivity index (χ0n) is 18.2. The summed E-state index contributed by atoms with van der Waals surface area (Å²) in [6.45, 7) is 8.85. The molecule has 0 saturated carbocycles. The Labute approximate surface area is 196 Å². The standard InChI is InChI=1S/C22H33N5O2.HI/c1-17-13-18(2)27(26-17)21-8-5-4-7-20(21)14-25-22(23-3)24-10-6-11-28-15-19-9-12-29-16-19;/h4-5,7-8,13,19H,6,9-12,14-16H2,1-3H3,(H2,23,24,25);1H. The molecule has 1 fully saturated rings. The van der Waals surface area contributed by atoms with Crippen molar-refractivity contribution in [2.45, 2.75) is 33.2 Å². The maximum atomic E-state index is 5.75. The Morgan fingerprint density at radius 1 is 1.30 bits per heavy atom. The van der Waals surface area contributed by atoms with E-state index in [0.717, 1.165) is 68.8 Å². The molecule has 166 valence electrons. The van der Waals surface area contributed by atoms with Gasteiger partial charge in [-0.15, -0.1) is 24.0 Å². The van der Waals surface area contributed by atoms with E-state index in [1.807, 2.05) is 17.7 Å². The fourth-order valence-electron chi connectivity index (χ4n) is 3.49. The minimum atomic E-state index is 0. The van der Waals surface area contributed by atoms with Gasteiger partial charge in [0.2, 0.25) is 0 Å². The number of aryl methyl sites for hydroxylation is 2. The van der Waals surface area contributed by atoms with Gasteiger partial charge < -0.3 is 20.1 Å². The molecule has 7 nitrogen and oxygen atoms in total. The Balaban J connectivity index is 0.00000320. The lowest BCUT2D eigenvalue weighted by atomic mass is 10.1. The van der Waals surface area contributed by atoms with Gasteiger partial charge in [0.05, 0.1) is 24.6 Å². The molecule has 2 heterocycles. The number of nitrogens with zero attached hydrogens (tertiary/aromatic N) is 3. The van der Waals surface area contributed by atoms with Crippen LogP contribution in [0.5, 0.6) is 0 Å². The summed E-state index contributed by atoms with van der Waals surface area (Å²) in [4.78, 5) is 4.32. The van der Waals surface area contributed by atoms with Gasteiger partial charge in [-0.1, -0.05) is 18.2 Å². The Hall–Kier alpha value is -1.65. The topological polar surface area (TPSA) is 72.7 Å². The molecule has 0 aliphatic carbocycles. The maximum absolute atomic E-state index is 5.75. The van der Waals surface area contributed by atoms with Crippen LogP contribution in [0, 0.1) is 19.8 Å². The molecule has 0 radical (unpaired) electrons. The lowest BCUT2D eigenvalue weighted by Gasteiger charge is -2.15. The van der Waals surface area contributed by atoms with E-state index in [1.54, 1.807) is 7.05 Å². The first-order valence-electron chi connectivity index (χ1n) is 10.4. The monoisotopic (exact) mass is 527 g/mol. The van der Waals surface area contributed by atoms with Crippen molar-refractivity contribution in [3.05, 3.63) is 47.3 Å². The summed E-state index contributed by atoms with van der Waals surface area (Å²) in [5, 5.41) is 11.4. The van der Waals surface area contributed by atoms with Crippen LogP contribution in [0.4, 0.5) is 0 Å². The first-order valence-corrected chi connectivity index (χ1v) is 10.4. The van der Waals surface area contributed by atoms with Crippen molar-refractivity contribution in [2.75, 3.05) is 40.0 Å². The summed E-state index contributed by atoms with van der Waals surface area (Å²) in [5.74, 6) is 1.36. The van der Waals surface area contributed by atoms with E-state index < -0.39 is 0 Å². The van der Waals surface area contributed by atoms with Gasteiger partial charge in [0.1, 0.15) is 0 Å². The summed E-state index contributed by atoms with van der Waals surface area (Å²) in [6, 6.07) is 10.4.